The molecule has 2 aliphatic carbocycles. The number of ether oxygens (including phenoxy) is 1. The van der Waals surface area contributed by atoms with Gasteiger partial charge in [-0.2, -0.15) is 0 Å². The Morgan fingerprint density at radius 2 is 2.00 bits per heavy atom. The van der Waals surface area contributed by atoms with Crippen molar-refractivity contribution < 1.29 is 19.4 Å². The Morgan fingerprint density at radius 1 is 1.32 bits per heavy atom. The summed E-state index contributed by atoms with van der Waals surface area (Å²) < 4.78 is 5.36. The van der Waals surface area contributed by atoms with Gasteiger partial charge in [-0.3, -0.25) is 4.79 Å². The Labute approximate surface area is 112 Å². The third-order valence-corrected chi connectivity index (χ3v) is 5.17. The largest absolute Gasteiger partial charge is 0.448 e. The van der Waals surface area contributed by atoms with Gasteiger partial charge in [0.15, 0.2) is 0 Å². The zero-order valence-electron chi connectivity index (χ0n) is 11.4. The highest BCUT2D eigenvalue weighted by Gasteiger charge is 2.64. The van der Waals surface area contributed by atoms with Gasteiger partial charge in [0.1, 0.15) is 5.60 Å². The third-order valence-electron chi connectivity index (χ3n) is 5.17. The highest BCUT2D eigenvalue weighted by molar-refractivity contribution is 6.43. The monoisotopic (exact) mass is 262 g/mol. The first-order valence-electron chi connectivity index (χ1n) is 6.67. The van der Waals surface area contributed by atoms with Crippen molar-refractivity contribution in [2.24, 2.45) is 11.3 Å². The molecular formula is C15H18O4. The molecule has 0 spiro atoms. The SMILES string of the molecule is CC12OC(=O)C(=O)C1=C1C=CCCC1C(O)C2(C)C. The lowest BCUT2D eigenvalue weighted by atomic mass is 9.57. The van der Waals surface area contributed by atoms with Crippen LogP contribution < -0.4 is 0 Å². The maximum Gasteiger partial charge on any atom is 0.380 e. The molecule has 3 rings (SSSR count). The van der Waals surface area contributed by atoms with E-state index in [1.165, 1.54) is 0 Å². The van der Waals surface area contributed by atoms with Crippen LogP contribution in [0.2, 0.25) is 0 Å². The lowest BCUT2D eigenvalue weighted by Gasteiger charge is -2.51. The molecule has 0 bridgehead atoms. The van der Waals surface area contributed by atoms with Gasteiger partial charge in [-0.25, -0.2) is 4.79 Å². The third kappa shape index (κ3) is 1.32. The topological polar surface area (TPSA) is 63.6 Å². The summed E-state index contributed by atoms with van der Waals surface area (Å²) in [4.78, 5) is 23.8. The van der Waals surface area contributed by atoms with Crippen LogP contribution in [0.5, 0.6) is 0 Å². The molecule has 0 aromatic rings. The number of aliphatic hydroxyl groups excluding tert-OH is 1. The van der Waals surface area contributed by atoms with E-state index in [1.807, 2.05) is 26.0 Å². The van der Waals surface area contributed by atoms with Gasteiger partial charge in [-0.1, -0.05) is 26.0 Å². The number of ketones is 1. The normalized spacial score (nSPS) is 40.0. The average molecular weight is 262 g/mol. The highest BCUT2D eigenvalue weighted by atomic mass is 16.6. The van der Waals surface area contributed by atoms with Gasteiger partial charge in [0.2, 0.25) is 0 Å². The Bertz CT molecular complexity index is 540. The van der Waals surface area contributed by atoms with Crippen molar-refractivity contribution >= 4 is 11.8 Å². The predicted molar refractivity (Wildman–Crippen MR) is 68.2 cm³/mol. The molecule has 3 atom stereocenters. The molecule has 0 amide bonds. The van der Waals surface area contributed by atoms with Crippen molar-refractivity contribution in [3.63, 3.8) is 0 Å². The van der Waals surface area contributed by atoms with E-state index in [2.05, 4.69) is 0 Å². The number of fused-ring (bicyclic) bond motifs is 2. The second-order valence-electron chi connectivity index (χ2n) is 6.33. The number of carbonyl (C=O) groups excluding carboxylic acids is 2. The highest BCUT2D eigenvalue weighted by Crippen LogP contribution is 2.55. The van der Waals surface area contributed by atoms with Crippen LogP contribution in [-0.4, -0.2) is 28.6 Å². The molecule has 102 valence electrons. The molecule has 1 N–H and O–H groups in total. The molecule has 0 aromatic carbocycles. The van der Waals surface area contributed by atoms with Gasteiger partial charge in [-0.15, -0.1) is 0 Å². The summed E-state index contributed by atoms with van der Waals surface area (Å²) in [6, 6.07) is 0. The first-order valence-corrected chi connectivity index (χ1v) is 6.67. The minimum absolute atomic E-state index is 0.0819. The van der Waals surface area contributed by atoms with E-state index < -0.39 is 28.9 Å². The van der Waals surface area contributed by atoms with E-state index in [0.717, 1.165) is 18.4 Å². The van der Waals surface area contributed by atoms with Crippen molar-refractivity contribution in [3.8, 4) is 0 Å². The van der Waals surface area contributed by atoms with Crippen LogP contribution in [0.25, 0.3) is 0 Å². The molecular weight excluding hydrogens is 244 g/mol. The van der Waals surface area contributed by atoms with Gasteiger partial charge in [0.25, 0.3) is 5.78 Å². The van der Waals surface area contributed by atoms with Crippen molar-refractivity contribution in [1.29, 1.82) is 0 Å². The summed E-state index contributed by atoms with van der Waals surface area (Å²) in [5.41, 5.74) is -0.470. The zero-order chi connectivity index (χ0) is 14.0. The molecule has 0 radical (unpaired) electrons. The number of aliphatic hydroxyl groups is 1. The summed E-state index contributed by atoms with van der Waals surface area (Å²) in [6.07, 6.45) is 4.92. The summed E-state index contributed by atoms with van der Waals surface area (Å²) >= 11 is 0. The molecule has 0 saturated carbocycles. The van der Waals surface area contributed by atoms with E-state index in [-0.39, 0.29) is 5.92 Å². The van der Waals surface area contributed by atoms with Gasteiger partial charge < -0.3 is 9.84 Å². The molecule has 3 unspecified atom stereocenters. The van der Waals surface area contributed by atoms with Crippen molar-refractivity contribution in [2.45, 2.75) is 45.3 Å². The van der Waals surface area contributed by atoms with E-state index >= 15 is 0 Å². The minimum Gasteiger partial charge on any atom is -0.448 e. The molecule has 19 heavy (non-hydrogen) atoms. The number of allylic oxidation sites excluding steroid dienone is 2. The number of hydrogen-bond acceptors (Lipinski definition) is 4. The molecule has 1 heterocycles. The fourth-order valence-electron chi connectivity index (χ4n) is 3.61. The minimum atomic E-state index is -1.03. The second kappa shape index (κ2) is 3.57. The lowest BCUT2D eigenvalue weighted by Crippen LogP contribution is -2.57. The summed E-state index contributed by atoms with van der Waals surface area (Å²) in [5, 5.41) is 10.6. The maximum atomic E-state index is 12.1. The van der Waals surface area contributed by atoms with Crippen molar-refractivity contribution in [1.82, 2.24) is 0 Å². The molecule has 1 fully saturated rings. The fourth-order valence-corrected chi connectivity index (χ4v) is 3.61. The molecule has 4 nitrogen and oxygen atoms in total. The van der Waals surface area contributed by atoms with Gasteiger partial charge in [0.05, 0.1) is 11.7 Å². The summed E-state index contributed by atoms with van der Waals surface area (Å²) in [6.45, 7) is 5.46. The second-order valence-corrected chi connectivity index (χ2v) is 6.33. The Hall–Kier alpha value is -1.42. The van der Waals surface area contributed by atoms with Crippen LogP contribution in [0.4, 0.5) is 0 Å². The van der Waals surface area contributed by atoms with Gasteiger partial charge in [0, 0.05) is 11.3 Å². The molecule has 3 aliphatic rings. The van der Waals surface area contributed by atoms with Gasteiger partial charge in [-0.05, 0) is 25.3 Å². The van der Waals surface area contributed by atoms with E-state index in [0.29, 0.717) is 5.57 Å². The quantitative estimate of drug-likeness (QED) is 0.531. The summed E-state index contributed by atoms with van der Waals surface area (Å²) in [7, 11) is 0. The van der Waals surface area contributed by atoms with Crippen LogP contribution >= 0.6 is 0 Å². The summed E-state index contributed by atoms with van der Waals surface area (Å²) in [5.74, 6) is -1.43. The Morgan fingerprint density at radius 3 is 2.68 bits per heavy atom. The lowest BCUT2D eigenvalue weighted by molar-refractivity contribution is -0.168. The molecule has 4 heteroatoms. The standard InChI is InChI=1S/C15H18O4/c1-14(2)12(17)9-7-5-4-6-8(9)10-11(16)13(18)19-15(10,14)3/h4,6,9,12,17H,5,7H2,1-3H3. The number of rotatable bonds is 0. The first kappa shape index (κ1) is 12.6. The fraction of sp³-hybridized carbons (Fsp3) is 0.600. The predicted octanol–water partition coefficient (Wildman–Crippen LogP) is 1.53. The smallest absolute Gasteiger partial charge is 0.380 e. The Kier molecular flexibility index (Phi) is 2.37. The van der Waals surface area contributed by atoms with Crippen LogP contribution in [0, 0.1) is 11.3 Å². The number of hydrogen-bond donors (Lipinski definition) is 1. The zero-order valence-corrected chi connectivity index (χ0v) is 11.4. The Balaban J connectivity index is 2.31. The maximum absolute atomic E-state index is 12.1. The van der Waals surface area contributed by atoms with Crippen LogP contribution in [0.1, 0.15) is 33.6 Å². The van der Waals surface area contributed by atoms with Crippen LogP contribution in [-0.2, 0) is 14.3 Å². The van der Waals surface area contributed by atoms with E-state index in [9.17, 15) is 14.7 Å². The molecule has 0 aromatic heterocycles. The van der Waals surface area contributed by atoms with Crippen molar-refractivity contribution in [2.75, 3.05) is 0 Å². The molecule has 1 saturated heterocycles. The van der Waals surface area contributed by atoms with E-state index in [4.69, 9.17) is 4.74 Å². The van der Waals surface area contributed by atoms with Gasteiger partial charge >= 0.3 is 5.97 Å². The average Bonchev–Trinajstić information content (AvgIpc) is 2.60. The number of esters is 1. The van der Waals surface area contributed by atoms with Crippen LogP contribution in [0.15, 0.2) is 23.3 Å². The van der Waals surface area contributed by atoms with E-state index in [1.54, 1.807) is 6.92 Å². The van der Waals surface area contributed by atoms with Crippen molar-refractivity contribution in [3.05, 3.63) is 23.3 Å². The number of carbonyl (C=O) groups is 2. The number of Topliss-reactive ketones (excluding diaryl/α,β-unsaturated/α-hetero) is 1. The first-order chi connectivity index (χ1) is 8.80. The van der Waals surface area contributed by atoms with Crippen LogP contribution in [0.3, 0.4) is 0 Å². The molecule has 1 aliphatic heterocycles.